The molecule has 2 heterocycles. The van der Waals surface area contributed by atoms with Crippen LogP contribution in [0.25, 0.3) is 6.08 Å². The van der Waals surface area contributed by atoms with E-state index in [0.717, 1.165) is 24.3 Å². The number of carbonyl (C=O) groups excluding carboxylic acids is 1. The van der Waals surface area contributed by atoms with Gasteiger partial charge in [-0.05, 0) is 61.8 Å². The molecule has 0 radical (unpaired) electrons. The third-order valence-electron chi connectivity index (χ3n) is 5.70. The highest BCUT2D eigenvalue weighted by Crippen LogP contribution is 2.40. The Balaban J connectivity index is 1.60. The lowest BCUT2D eigenvalue weighted by Gasteiger charge is -2.21. The average molecular weight is 392 g/mol. The first-order valence-corrected chi connectivity index (χ1v) is 10.3. The Morgan fingerprint density at radius 1 is 1.03 bits per heavy atom. The summed E-state index contributed by atoms with van der Waals surface area (Å²) in [5.41, 5.74) is 3.25. The van der Waals surface area contributed by atoms with Crippen LogP contribution < -0.4 is 9.64 Å². The van der Waals surface area contributed by atoms with Crippen molar-refractivity contribution in [3.8, 4) is 11.5 Å². The first-order chi connectivity index (χ1) is 14.0. The van der Waals surface area contributed by atoms with Gasteiger partial charge in [0.1, 0.15) is 11.5 Å². The molecule has 2 aromatic rings. The van der Waals surface area contributed by atoms with Crippen molar-refractivity contribution in [3.63, 3.8) is 0 Å². The molecule has 2 aliphatic rings. The van der Waals surface area contributed by atoms with Crippen LogP contribution in [0.3, 0.4) is 0 Å². The number of hydrogen-bond donors (Lipinski definition) is 1. The van der Waals surface area contributed by atoms with Gasteiger partial charge in [0.2, 0.25) is 5.78 Å². The predicted octanol–water partition coefficient (Wildman–Crippen LogP) is 4.45. The molecule has 0 unspecified atom stereocenters. The number of likely N-dealkylation sites (tertiary alicyclic amines) is 1. The molecule has 0 aliphatic carbocycles. The minimum Gasteiger partial charge on any atom is -0.507 e. The van der Waals surface area contributed by atoms with Gasteiger partial charge in [0, 0.05) is 26.3 Å². The van der Waals surface area contributed by atoms with Crippen molar-refractivity contribution in [2.75, 3.05) is 32.1 Å². The third kappa shape index (κ3) is 4.15. The van der Waals surface area contributed by atoms with Gasteiger partial charge in [-0.3, -0.25) is 9.69 Å². The number of benzene rings is 2. The maximum Gasteiger partial charge on any atom is 0.231 e. The lowest BCUT2D eigenvalue weighted by molar-refractivity contribution is 0.101. The van der Waals surface area contributed by atoms with E-state index >= 15 is 0 Å². The minimum absolute atomic E-state index is 0.131. The second-order valence-electron chi connectivity index (χ2n) is 8.06. The topological polar surface area (TPSA) is 53.0 Å². The number of ether oxygens (including phenoxy) is 1. The molecule has 1 N–H and O–H groups in total. The Hall–Kier alpha value is -2.79. The molecule has 2 aliphatic heterocycles. The summed E-state index contributed by atoms with van der Waals surface area (Å²) in [6, 6.07) is 11.2. The molecule has 0 aromatic heterocycles. The first kappa shape index (κ1) is 19.5. The zero-order valence-corrected chi connectivity index (χ0v) is 17.1. The molecule has 1 saturated heterocycles. The SMILES string of the molecule is CN(C)c1ccc(/C=C2\Oc3c(ccc(O)c3CN3CCCCCC3)C2=O)cc1. The van der Waals surface area contributed by atoms with Gasteiger partial charge in [-0.2, -0.15) is 0 Å². The summed E-state index contributed by atoms with van der Waals surface area (Å²) in [5.74, 6) is 0.877. The zero-order chi connectivity index (χ0) is 20.4. The summed E-state index contributed by atoms with van der Waals surface area (Å²) in [7, 11) is 3.98. The number of allylic oxidation sites excluding steroid dienone is 1. The number of Topliss-reactive ketones (excluding diaryl/α,β-unsaturated/α-hetero) is 1. The maximum atomic E-state index is 12.9. The number of anilines is 1. The Bertz CT molecular complexity index is 924. The lowest BCUT2D eigenvalue weighted by atomic mass is 10.0. The number of phenolic OH excluding ortho intramolecular Hbond substituents is 1. The van der Waals surface area contributed by atoms with Crippen molar-refractivity contribution >= 4 is 17.5 Å². The Morgan fingerprint density at radius 3 is 2.38 bits per heavy atom. The van der Waals surface area contributed by atoms with E-state index in [-0.39, 0.29) is 11.5 Å². The van der Waals surface area contributed by atoms with E-state index in [1.807, 2.05) is 43.3 Å². The standard InChI is InChI=1S/C24H28N2O3/c1-25(2)18-9-7-17(8-10-18)15-22-23(28)19-11-12-21(27)20(24(19)29-22)16-26-13-5-3-4-6-14-26/h7-12,15,27H,3-6,13-14,16H2,1-2H3/b22-15-. The second kappa shape index (κ2) is 8.29. The van der Waals surface area contributed by atoms with Crippen molar-refractivity contribution in [3.05, 3.63) is 58.8 Å². The smallest absolute Gasteiger partial charge is 0.231 e. The number of rotatable bonds is 4. The highest BCUT2D eigenvalue weighted by molar-refractivity contribution is 6.15. The van der Waals surface area contributed by atoms with E-state index in [0.29, 0.717) is 29.2 Å². The van der Waals surface area contributed by atoms with E-state index in [1.54, 1.807) is 18.2 Å². The Labute approximate surface area is 172 Å². The van der Waals surface area contributed by atoms with Crippen molar-refractivity contribution in [2.45, 2.75) is 32.2 Å². The molecular formula is C24H28N2O3. The van der Waals surface area contributed by atoms with Crippen LogP contribution in [0, 0.1) is 0 Å². The summed E-state index contributed by atoms with van der Waals surface area (Å²) >= 11 is 0. The van der Waals surface area contributed by atoms with Crippen LogP contribution in [0.4, 0.5) is 5.69 Å². The van der Waals surface area contributed by atoms with E-state index in [1.165, 1.54) is 25.7 Å². The fraction of sp³-hybridized carbons (Fsp3) is 0.375. The fourth-order valence-electron chi connectivity index (χ4n) is 3.99. The van der Waals surface area contributed by atoms with Gasteiger partial charge in [0.15, 0.2) is 5.76 Å². The fourth-order valence-corrected chi connectivity index (χ4v) is 3.99. The van der Waals surface area contributed by atoms with Gasteiger partial charge in [-0.15, -0.1) is 0 Å². The summed E-state index contributed by atoms with van der Waals surface area (Å²) in [5, 5.41) is 10.5. The van der Waals surface area contributed by atoms with Gasteiger partial charge in [-0.25, -0.2) is 0 Å². The maximum absolute atomic E-state index is 12.9. The van der Waals surface area contributed by atoms with Crippen LogP contribution in [0.5, 0.6) is 11.5 Å². The number of aromatic hydroxyl groups is 1. The van der Waals surface area contributed by atoms with Crippen molar-refractivity contribution in [2.24, 2.45) is 0 Å². The predicted molar refractivity (Wildman–Crippen MR) is 116 cm³/mol. The number of hydrogen-bond acceptors (Lipinski definition) is 5. The van der Waals surface area contributed by atoms with Gasteiger partial charge in [0.05, 0.1) is 11.1 Å². The first-order valence-electron chi connectivity index (χ1n) is 10.3. The van der Waals surface area contributed by atoms with Crippen LogP contribution in [0.1, 0.15) is 47.2 Å². The highest BCUT2D eigenvalue weighted by atomic mass is 16.5. The van der Waals surface area contributed by atoms with E-state index in [4.69, 9.17) is 4.74 Å². The van der Waals surface area contributed by atoms with Crippen LogP contribution in [-0.2, 0) is 6.54 Å². The normalized spacial score (nSPS) is 18.4. The molecule has 0 spiro atoms. The van der Waals surface area contributed by atoms with Gasteiger partial charge in [0.25, 0.3) is 0 Å². The molecule has 5 nitrogen and oxygen atoms in total. The van der Waals surface area contributed by atoms with Gasteiger partial charge < -0.3 is 14.7 Å². The van der Waals surface area contributed by atoms with Crippen molar-refractivity contribution in [1.82, 2.24) is 4.90 Å². The largest absolute Gasteiger partial charge is 0.507 e. The summed E-state index contributed by atoms with van der Waals surface area (Å²) in [4.78, 5) is 17.3. The van der Waals surface area contributed by atoms with Crippen LogP contribution in [0.2, 0.25) is 0 Å². The highest BCUT2D eigenvalue weighted by Gasteiger charge is 2.31. The molecule has 5 heteroatoms. The number of ketones is 1. The molecule has 152 valence electrons. The molecule has 0 amide bonds. The van der Waals surface area contributed by atoms with E-state index in [9.17, 15) is 9.90 Å². The average Bonchev–Trinajstić information content (AvgIpc) is 2.87. The zero-order valence-electron chi connectivity index (χ0n) is 17.1. The van der Waals surface area contributed by atoms with Gasteiger partial charge >= 0.3 is 0 Å². The monoisotopic (exact) mass is 392 g/mol. The van der Waals surface area contributed by atoms with Crippen molar-refractivity contribution < 1.29 is 14.6 Å². The summed E-state index contributed by atoms with van der Waals surface area (Å²) < 4.78 is 6.00. The third-order valence-corrected chi connectivity index (χ3v) is 5.70. The van der Waals surface area contributed by atoms with E-state index in [2.05, 4.69) is 4.90 Å². The van der Waals surface area contributed by atoms with Crippen LogP contribution in [0.15, 0.2) is 42.2 Å². The van der Waals surface area contributed by atoms with Crippen LogP contribution in [-0.4, -0.2) is 43.0 Å². The second-order valence-corrected chi connectivity index (χ2v) is 8.06. The summed E-state index contributed by atoms with van der Waals surface area (Å²) in [6.07, 6.45) is 6.62. The number of nitrogens with zero attached hydrogens (tertiary/aromatic N) is 2. The molecule has 29 heavy (non-hydrogen) atoms. The van der Waals surface area contributed by atoms with Crippen molar-refractivity contribution in [1.29, 1.82) is 0 Å². The molecule has 0 saturated carbocycles. The molecular weight excluding hydrogens is 364 g/mol. The molecule has 1 fully saturated rings. The van der Waals surface area contributed by atoms with E-state index < -0.39 is 0 Å². The quantitative estimate of drug-likeness (QED) is 0.779. The Morgan fingerprint density at radius 2 is 1.72 bits per heavy atom. The number of fused-ring (bicyclic) bond motifs is 1. The van der Waals surface area contributed by atoms with Gasteiger partial charge in [-0.1, -0.05) is 25.0 Å². The molecule has 4 rings (SSSR count). The number of carbonyl (C=O) groups is 1. The number of phenols is 1. The summed E-state index contributed by atoms with van der Waals surface area (Å²) in [6.45, 7) is 2.63. The molecule has 0 atom stereocenters. The minimum atomic E-state index is -0.131. The Kier molecular flexibility index (Phi) is 5.58. The van der Waals surface area contributed by atoms with Crippen LogP contribution >= 0.6 is 0 Å². The molecule has 2 aromatic carbocycles. The molecule has 0 bridgehead atoms. The lowest BCUT2D eigenvalue weighted by Crippen LogP contribution is -2.24.